The Morgan fingerprint density at radius 3 is 2.75 bits per heavy atom. The summed E-state index contributed by atoms with van der Waals surface area (Å²) < 4.78 is 1.81. The van der Waals surface area contributed by atoms with E-state index in [1.54, 1.807) is 4.68 Å². The molecule has 1 aromatic heterocycles. The van der Waals surface area contributed by atoms with Gasteiger partial charge in [0, 0.05) is 18.2 Å². The van der Waals surface area contributed by atoms with Crippen molar-refractivity contribution in [3.05, 3.63) is 34.9 Å². The molecule has 0 fully saturated rings. The molecule has 1 heterocycles. The van der Waals surface area contributed by atoms with Crippen LogP contribution in [0.3, 0.4) is 0 Å². The Bertz CT molecular complexity index is 638. The van der Waals surface area contributed by atoms with Crippen molar-refractivity contribution >= 4 is 5.82 Å². The Morgan fingerprint density at radius 1 is 1.25 bits per heavy atom. The van der Waals surface area contributed by atoms with Crippen LogP contribution in [0.5, 0.6) is 0 Å². The van der Waals surface area contributed by atoms with E-state index in [4.69, 9.17) is 5.73 Å². The highest BCUT2D eigenvalue weighted by Gasteiger charge is 2.18. The van der Waals surface area contributed by atoms with Crippen LogP contribution >= 0.6 is 0 Å². The quantitative estimate of drug-likeness (QED) is 0.928. The number of nitrogen functional groups attached to an aromatic ring is 1. The average molecular weight is 269 g/mol. The Morgan fingerprint density at radius 2 is 2.00 bits per heavy atom. The second-order valence-electron chi connectivity index (χ2n) is 6.27. The third-order valence-electron chi connectivity index (χ3n) is 4.18. The zero-order valence-corrected chi connectivity index (χ0v) is 12.6. The molecule has 106 valence electrons. The van der Waals surface area contributed by atoms with Gasteiger partial charge < -0.3 is 5.73 Å². The standard InChI is InChI=1S/C17H23N3/c1-11(2)9-15-16(19-20(3)17(15)18)14-8-7-12-5-4-6-13(12)10-14/h7-8,10-11H,4-6,9,18H2,1-3H3. The fourth-order valence-corrected chi connectivity index (χ4v) is 3.14. The van der Waals surface area contributed by atoms with Gasteiger partial charge in [-0.15, -0.1) is 0 Å². The Hall–Kier alpha value is -1.77. The van der Waals surface area contributed by atoms with Gasteiger partial charge in [-0.1, -0.05) is 26.0 Å². The van der Waals surface area contributed by atoms with Crippen LogP contribution in [0.1, 0.15) is 37.0 Å². The van der Waals surface area contributed by atoms with Crippen molar-refractivity contribution in [1.82, 2.24) is 9.78 Å². The molecule has 3 nitrogen and oxygen atoms in total. The molecule has 0 saturated heterocycles. The first-order chi connectivity index (χ1) is 9.56. The number of nitrogens with two attached hydrogens (primary N) is 1. The van der Waals surface area contributed by atoms with Crippen LogP contribution in [-0.4, -0.2) is 9.78 Å². The topological polar surface area (TPSA) is 43.8 Å². The van der Waals surface area contributed by atoms with E-state index in [0.29, 0.717) is 5.92 Å². The van der Waals surface area contributed by atoms with Crippen molar-refractivity contribution in [2.45, 2.75) is 39.5 Å². The van der Waals surface area contributed by atoms with E-state index < -0.39 is 0 Å². The van der Waals surface area contributed by atoms with Crippen molar-refractivity contribution in [3.8, 4) is 11.3 Å². The molecule has 0 unspecified atom stereocenters. The summed E-state index contributed by atoms with van der Waals surface area (Å²) in [6.45, 7) is 4.44. The fourth-order valence-electron chi connectivity index (χ4n) is 3.14. The molecule has 0 radical (unpaired) electrons. The molecule has 0 bridgehead atoms. The van der Waals surface area contributed by atoms with Crippen LogP contribution in [-0.2, 0) is 26.3 Å². The molecule has 0 saturated carbocycles. The highest BCUT2D eigenvalue weighted by molar-refractivity contribution is 5.69. The SMILES string of the molecule is CC(C)Cc1c(-c2ccc3c(c2)CCC3)nn(C)c1N. The smallest absolute Gasteiger partial charge is 0.125 e. The van der Waals surface area contributed by atoms with Gasteiger partial charge in [0.2, 0.25) is 0 Å². The molecule has 3 rings (SSSR count). The molecular weight excluding hydrogens is 246 g/mol. The number of aromatic nitrogens is 2. The minimum Gasteiger partial charge on any atom is -0.384 e. The summed E-state index contributed by atoms with van der Waals surface area (Å²) >= 11 is 0. The second-order valence-corrected chi connectivity index (χ2v) is 6.27. The summed E-state index contributed by atoms with van der Waals surface area (Å²) in [5.74, 6) is 1.38. The van der Waals surface area contributed by atoms with Gasteiger partial charge in [0.05, 0.1) is 5.69 Å². The molecule has 0 aliphatic heterocycles. The predicted molar refractivity (Wildman–Crippen MR) is 83.6 cm³/mol. The van der Waals surface area contributed by atoms with Crippen molar-refractivity contribution in [2.75, 3.05) is 5.73 Å². The maximum absolute atomic E-state index is 6.20. The van der Waals surface area contributed by atoms with Gasteiger partial charge >= 0.3 is 0 Å². The summed E-state index contributed by atoms with van der Waals surface area (Å²) in [6.07, 6.45) is 4.68. The van der Waals surface area contributed by atoms with Gasteiger partial charge in [0.15, 0.2) is 0 Å². The first-order valence-corrected chi connectivity index (χ1v) is 7.49. The number of nitrogens with zero attached hydrogens (tertiary/aromatic N) is 2. The molecule has 20 heavy (non-hydrogen) atoms. The molecule has 0 spiro atoms. The van der Waals surface area contributed by atoms with Crippen molar-refractivity contribution in [2.24, 2.45) is 13.0 Å². The van der Waals surface area contributed by atoms with E-state index >= 15 is 0 Å². The minimum atomic E-state index is 0.578. The van der Waals surface area contributed by atoms with Gasteiger partial charge in [-0.05, 0) is 48.8 Å². The monoisotopic (exact) mass is 269 g/mol. The highest BCUT2D eigenvalue weighted by atomic mass is 15.3. The lowest BCUT2D eigenvalue weighted by atomic mass is 9.97. The van der Waals surface area contributed by atoms with E-state index in [1.165, 1.54) is 41.5 Å². The van der Waals surface area contributed by atoms with Gasteiger partial charge in [0.1, 0.15) is 5.82 Å². The van der Waals surface area contributed by atoms with Crippen molar-refractivity contribution in [1.29, 1.82) is 0 Å². The van der Waals surface area contributed by atoms with Crippen LogP contribution in [0.4, 0.5) is 5.82 Å². The summed E-state index contributed by atoms with van der Waals surface area (Å²) in [5.41, 5.74) is 12.7. The summed E-state index contributed by atoms with van der Waals surface area (Å²) in [6, 6.07) is 6.78. The fraction of sp³-hybridized carbons (Fsp3) is 0.471. The second kappa shape index (κ2) is 4.97. The van der Waals surface area contributed by atoms with Crippen LogP contribution < -0.4 is 5.73 Å². The number of rotatable bonds is 3. The van der Waals surface area contributed by atoms with E-state index in [2.05, 4.69) is 37.1 Å². The number of aryl methyl sites for hydroxylation is 3. The summed E-state index contributed by atoms with van der Waals surface area (Å²) in [5, 5.41) is 4.65. The van der Waals surface area contributed by atoms with Crippen molar-refractivity contribution < 1.29 is 0 Å². The first kappa shape index (κ1) is 13.2. The molecule has 1 aromatic carbocycles. The third-order valence-corrected chi connectivity index (χ3v) is 4.18. The molecule has 2 aromatic rings. The van der Waals surface area contributed by atoms with E-state index in [0.717, 1.165) is 17.9 Å². The van der Waals surface area contributed by atoms with E-state index in [-0.39, 0.29) is 0 Å². The third kappa shape index (κ3) is 2.21. The normalized spacial score (nSPS) is 14.0. The van der Waals surface area contributed by atoms with Crippen molar-refractivity contribution in [3.63, 3.8) is 0 Å². The van der Waals surface area contributed by atoms with Gasteiger partial charge in [-0.25, -0.2) is 0 Å². The molecule has 1 aliphatic carbocycles. The summed E-state index contributed by atoms with van der Waals surface area (Å²) in [7, 11) is 1.93. The lowest BCUT2D eigenvalue weighted by Gasteiger charge is -2.08. The van der Waals surface area contributed by atoms with Crippen LogP contribution in [0, 0.1) is 5.92 Å². The van der Waals surface area contributed by atoms with Gasteiger partial charge in [-0.2, -0.15) is 5.10 Å². The average Bonchev–Trinajstić information content (AvgIpc) is 2.97. The molecule has 2 N–H and O–H groups in total. The number of hydrogen-bond donors (Lipinski definition) is 1. The number of benzene rings is 1. The predicted octanol–water partition coefficient (Wildman–Crippen LogP) is 3.36. The van der Waals surface area contributed by atoms with E-state index in [9.17, 15) is 0 Å². The molecule has 1 aliphatic rings. The van der Waals surface area contributed by atoms with Crippen LogP contribution in [0.2, 0.25) is 0 Å². The lowest BCUT2D eigenvalue weighted by molar-refractivity contribution is 0.648. The van der Waals surface area contributed by atoms with Crippen LogP contribution in [0.25, 0.3) is 11.3 Å². The number of hydrogen-bond acceptors (Lipinski definition) is 2. The largest absolute Gasteiger partial charge is 0.384 e. The Kier molecular flexibility index (Phi) is 3.28. The highest BCUT2D eigenvalue weighted by Crippen LogP contribution is 2.32. The maximum Gasteiger partial charge on any atom is 0.125 e. The Labute approximate surface area is 120 Å². The van der Waals surface area contributed by atoms with Gasteiger partial charge in [0.25, 0.3) is 0 Å². The lowest BCUT2D eigenvalue weighted by Crippen LogP contribution is -2.02. The van der Waals surface area contributed by atoms with Gasteiger partial charge in [-0.3, -0.25) is 4.68 Å². The number of fused-ring (bicyclic) bond motifs is 1. The Balaban J connectivity index is 2.07. The zero-order valence-electron chi connectivity index (χ0n) is 12.6. The maximum atomic E-state index is 6.20. The van der Waals surface area contributed by atoms with Crippen LogP contribution in [0.15, 0.2) is 18.2 Å². The number of anilines is 1. The first-order valence-electron chi connectivity index (χ1n) is 7.49. The molecule has 3 heteroatoms. The molecule has 0 amide bonds. The molecular formula is C17H23N3. The molecule has 0 atom stereocenters. The summed E-state index contributed by atoms with van der Waals surface area (Å²) in [4.78, 5) is 0. The minimum absolute atomic E-state index is 0.578. The zero-order chi connectivity index (χ0) is 14.3. The van der Waals surface area contributed by atoms with E-state index in [1.807, 2.05) is 7.05 Å².